The minimum absolute atomic E-state index is 0.236. The summed E-state index contributed by atoms with van der Waals surface area (Å²) in [7, 11) is 0. The van der Waals surface area contributed by atoms with Crippen LogP contribution in [0.1, 0.15) is 16.2 Å². The van der Waals surface area contributed by atoms with E-state index in [-0.39, 0.29) is 5.56 Å². The van der Waals surface area contributed by atoms with Gasteiger partial charge in [0.05, 0.1) is 11.1 Å². The molecular formula is C13H9N3O3S. The zero-order valence-corrected chi connectivity index (χ0v) is 11.2. The molecule has 3 aromatic rings. The highest BCUT2D eigenvalue weighted by Gasteiger charge is 2.11. The Morgan fingerprint density at radius 3 is 2.80 bits per heavy atom. The minimum Gasteiger partial charge on any atom is -0.478 e. The maximum absolute atomic E-state index is 11.1. The van der Waals surface area contributed by atoms with Crippen LogP contribution in [0.15, 0.2) is 45.0 Å². The first-order chi connectivity index (χ1) is 9.63. The van der Waals surface area contributed by atoms with E-state index in [9.17, 15) is 4.79 Å². The summed E-state index contributed by atoms with van der Waals surface area (Å²) in [6.45, 7) is 1.71. The molecule has 0 amide bonds. The number of aromatic carboxylic acids is 1. The third-order valence-corrected chi connectivity index (χ3v) is 3.41. The highest BCUT2D eigenvalue weighted by atomic mass is 32.2. The third-order valence-electron chi connectivity index (χ3n) is 2.64. The summed E-state index contributed by atoms with van der Waals surface area (Å²) >= 11 is 1.24. The van der Waals surface area contributed by atoms with Gasteiger partial charge in [0.2, 0.25) is 5.89 Å². The molecular weight excluding hydrogens is 278 g/mol. The van der Waals surface area contributed by atoms with Crippen molar-refractivity contribution in [2.45, 2.75) is 17.2 Å². The van der Waals surface area contributed by atoms with Crippen LogP contribution < -0.4 is 0 Å². The molecule has 0 saturated carbocycles. The average molecular weight is 287 g/mol. The second-order valence-electron chi connectivity index (χ2n) is 4.02. The lowest BCUT2D eigenvalue weighted by Gasteiger charge is -2.03. The van der Waals surface area contributed by atoms with Crippen LogP contribution in [0.5, 0.6) is 0 Å². The molecule has 0 aliphatic carbocycles. The number of carbonyl (C=O) groups is 1. The van der Waals surface area contributed by atoms with Crippen molar-refractivity contribution in [3.63, 3.8) is 0 Å². The van der Waals surface area contributed by atoms with Gasteiger partial charge in [-0.1, -0.05) is 6.07 Å². The van der Waals surface area contributed by atoms with Crippen molar-refractivity contribution in [3.8, 4) is 0 Å². The van der Waals surface area contributed by atoms with Gasteiger partial charge in [-0.05, 0) is 36.0 Å². The lowest BCUT2D eigenvalue weighted by molar-refractivity contribution is 0.0699. The van der Waals surface area contributed by atoms with Gasteiger partial charge in [0, 0.05) is 12.3 Å². The minimum atomic E-state index is -0.967. The number of aryl methyl sites for hydroxylation is 1. The predicted molar refractivity (Wildman–Crippen MR) is 71.9 cm³/mol. The van der Waals surface area contributed by atoms with Crippen molar-refractivity contribution in [1.82, 2.24) is 15.2 Å². The van der Waals surface area contributed by atoms with Gasteiger partial charge in [-0.15, -0.1) is 10.2 Å². The Labute approximate surface area is 117 Å². The topological polar surface area (TPSA) is 89.1 Å². The summed E-state index contributed by atoms with van der Waals surface area (Å²) in [5.74, 6) is -0.480. The van der Waals surface area contributed by atoms with Crippen LogP contribution in [-0.2, 0) is 0 Å². The number of rotatable bonds is 3. The van der Waals surface area contributed by atoms with E-state index >= 15 is 0 Å². The largest absolute Gasteiger partial charge is 0.478 e. The van der Waals surface area contributed by atoms with Crippen LogP contribution in [-0.4, -0.2) is 26.3 Å². The summed E-state index contributed by atoms with van der Waals surface area (Å²) in [6, 6.07) is 8.46. The number of hydrogen-bond donors (Lipinski definition) is 1. The number of carboxylic acid groups (broad SMARTS) is 1. The molecule has 3 rings (SSSR count). The number of benzene rings is 1. The second kappa shape index (κ2) is 4.93. The van der Waals surface area contributed by atoms with Gasteiger partial charge in [-0.2, -0.15) is 0 Å². The molecule has 0 saturated heterocycles. The van der Waals surface area contributed by atoms with E-state index in [1.54, 1.807) is 37.3 Å². The Balaban J connectivity index is 2.01. The van der Waals surface area contributed by atoms with Crippen LogP contribution in [0.3, 0.4) is 0 Å². The Hall–Kier alpha value is -2.41. The lowest BCUT2D eigenvalue weighted by Crippen LogP contribution is -1.97. The molecule has 0 aliphatic heterocycles. The number of hydrogen-bond acceptors (Lipinski definition) is 6. The van der Waals surface area contributed by atoms with Crippen molar-refractivity contribution in [2.24, 2.45) is 0 Å². The number of carboxylic acids is 1. The molecule has 6 nitrogen and oxygen atoms in total. The number of nitrogens with zero attached hydrogens (tertiary/aromatic N) is 3. The van der Waals surface area contributed by atoms with Crippen LogP contribution in [0, 0.1) is 6.92 Å². The summed E-state index contributed by atoms with van der Waals surface area (Å²) in [6.07, 6.45) is 0. The highest BCUT2D eigenvalue weighted by molar-refractivity contribution is 7.99. The van der Waals surface area contributed by atoms with E-state index in [1.807, 2.05) is 0 Å². The number of aromatic nitrogens is 3. The van der Waals surface area contributed by atoms with Gasteiger partial charge >= 0.3 is 5.97 Å². The second-order valence-corrected chi connectivity index (χ2v) is 4.99. The van der Waals surface area contributed by atoms with Crippen molar-refractivity contribution in [2.75, 3.05) is 0 Å². The Bertz CT molecular complexity index is 800. The summed E-state index contributed by atoms with van der Waals surface area (Å²) in [5, 5.41) is 18.4. The average Bonchev–Trinajstić information content (AvgIpc) is 2.83. The fourth-order valence-corrected chi connectivity index (χ4v) is 2.49. The molecule has 0 radical (unpaired) electrons. The Morgan fingerprint density at radius 2 is 2.10 bits per heavy atom. The molecule has 0 atom stereocenters. The monoisotopic (exact) mass is 287 g/mol. The molecule has 1 N–H and O–H groups in total. The summed E-state index contributed by atoms with van der Waals surface area (Å²) in [5.41, 5.74) is 0.853. The van der Waals surface area contributed by atoms with Crippen molar-refractivity contribution in [1.29, 1.82) is 0 Å². The molecule has 2 heterocycles. The number of fused-ring (bicyclic) bond motifs is 1. The van der Waals surface area contributed by atoms with Crippen LogP contribution in [0.25, 0.3) is 10.9 Å². The van der Waals surface area contributed by atoms with Gasteiger partial charge < -0.3 is 9.52 Å². The first kappa shape index (κ1) is 12.6. The normalized spacial score (nSPS) is 10.8. The van der Waals surface area contributed by atoms with Crippen molar-refractivity contribution < 1.29 is 14.3 Å². The molecule has 0 fully saturated rings. The van der Waals surface area contributed by atoms with Gasteiger partial charge in [0.1, 0.15) is 5.03 Å². The lowest BCUT2D eigenvalue weighted by atomic mass is 10.1. The van der Waals surface area contributed by atoms with Gasteiger partial charge in [-0.3, -0.25) is 0 Å². The van der Waals surface area contributed by atoms with E-state index in [0.717, 1.165) is 0 Å². The van der Waals surface area contributed by atoms with E-state index in [1.165, 1.54) is 11.8 Å². The molecule has 0 bridgehead atoms. The predicted octanol–water partition coefficient (Wildman–Crippen LogP) is 2.78. The SMILES string of the molecule is Cc1nnc(Sc2ccc3c(C(=O)O)cccc3n2)o1. The first-order valence-corrected chi connectivity index (χ1v) is 6.56. The van der Waals surface area contributed by atoms with E-state index in [2.05, 4.69) is 15.2 Å². The fourth-order valence-electron chi connectivity index (χ4n) is 1.79. The number of pyridine rings is 1. The molecule has 0 unspecified atom stereocenters. The molecule has 2 aromatic heterocycles. The zero-order valence-electron chi connectivity index (χ0n) is 10.4. The van der Waals surface area contributed by atoms with Gasteiger partial charge in [0.15, 0.2) is 0 Å². The van der Waals surface area contributed by atoms with Crippen molar-refractivity contribution in [3.05, 3.63) is 41.8 Å². The van der Waals surface area contributed by atoms with Crippen molar-refractivity contribution >= 4 is 28.6 Å². The zero-order chi connectivity index (χ0) is 14.1. The Kier molecular flexibility index (Phi) is 3.11. The van der Waals surface area contributed by atoms with E-state index in [4.69, 9.17) is 9.52 Å². The van der Waals surface area contributed by atoms with E-state index in [0.29, 0.717) is 27.0 Å². The highest BCUT2D eigenvalue weighted by Crippen LogP contribution is 2.27. The summed E-state index contributed by atoms with van der Waals surface area (Å²) in [4.78, 5) is 15.5. The molecule has 20 heavy (non-hydrogen) atoms. The Morgan fingerprint density at radius 1 is 1.25 bits per heavy atom. The van der Waals surface area contributed by atoms with Crippen LogP contribution in [0.2, 0.25) is 0 Å². The molecule has 0 aliphatic rings. The van der Waals surface area contributed by atoms with Crippen LogP contribution in [0.4, 0.5) is 0 Å². The smallest absolute Gasteiger partial charge is 0.336 e. The maximum Gasteiger partial charge on any atom is 0.336 e. The quantitative estimate of drug-likeness (QED) is 0.792. The van der Waals surface area contributed by atoms with Gasteiger partial charge in [-0.25, -0.2) is 9.78 Å². The third kappa shape index (κ3) is 2.35. The maximum atomic E-state index is 11.1. The first-order valence-electron chi connectivity index (χ1n) is 5.74. The van der Waals surface area contributed by atoms with E-state index < -0.39 is 5.97 Å². The van der Waals surface area contributed by atoms with Gasteiger partial charge in [0.25, 0.3) is 5.22 Å². The molecule has 7 heteroatoms. The summed E-state index contributed by atoms with van der Waals surface area (Å²) < 4.78 is 5.27. The standard InChI is InChI=1S/C13H9N3O3S/c1-7-15-16-13(19-7)20-11-6-5-8-9(12(17)18)3-2-4-10(8)14-11/h2-6H,1H3,(H,17,18). The van der Waals surface area contributed by atoms with Crippen LogP contribution >= 0.6 is 11.8 Å². The molecule has 0 spiro atoms. The fraction of sp³-hybridized carbons (Fsp3) is 0.0769. The molecule has 1 aromatic carbocycles. The molecule has 100 valence electrons.